The van der Waals surface area contributed by atoms with Crippen LogP contribution in [0.3, 0.4) is 0 Å². The maximum Gasteiger partial charge on any atom is 0.410 e. The second-order valence-electron chi connectivity index (χ2n) is 8.14. The zero-order valence-electron chi connectivity index (χ0n) is 14.8. The Balaban J connectivity index is 1.57. The predicted octanol–water partition coefficient (Wildman–Crippen LogP) is 3.10. The minimum Gasteiger partial charge on any atom is -0.444 e. The number of urea groups is 1. The number of nitrogens with zero attached hydrogens (tertiary/aromatic N) is 2. The minimum atomic E-state index is -0.468. The summed E-state index contributed by atoms with van der Waals surface area (Å²) in [5.41, 5.74) is -0.468. The van der Waals surface area contributed by atoms with Crippen molar-refractivity contribution in [3.05, 3.63) is 0 Å². The number of rotatable bonds is 1. The highest BCUT2D eigenvalue weighted by Gasteiger charge is 2.46. The van der Waals surface area contributed by atoms with E-state index < -0.39 is 5.60 Å². The molecule has 2 aliphatic heterocycles. The van der Waals surface area contributed by atoms with Gasteiger partial charge in [-0.1, -0.05) is 15.9 Å². The molecular weight excluding hydrogens is 374 g/mol. The maximum absolute atomic E-state index is 12.4. The van der Waals surface area contributed by atoms with Gasteiger partial charge >= 0.3 is 12.1 Å². The number of alkyl halides is 1. The van der Waals surface area contributed by atoms with Crippen LogP contribution in [0.1, 0.15) is 52.9 Å². The van der Waals surface area contributed by atoms with Crippen LogP contribution in [-0.4, -0.2) is 63.6 Å². The molecule has 136 valence electrons. The molecule has 3 atom stereocenters. The molecule has 0 aromatic heterocycles. The smallest absolute Gasteiger partial charge is 0.410 e. The third-order valence-electron chi connectivity index (χ3n) is 5.16. The highest BCUT2D eigenvalue weighted by Crippen LogP contribution is 2.34. The molecular formula is C17H28BrN3O3. The number of fused-ring (bicyclic) bond motifs is 1. The standard InChI is InChI=1S/C17H28BrN3O3/c1-17(2,3)24-16(23)20-8-6-12(7-9-20)21-14-5-4-11(18)10-13(14)19-15(21)22/h11-14H,4-10H2,1-3H3,(H,19,22). The van der Waals surface area contributed by atoms with E-state index in [2.05, 4.69) is 26.1 Å². The molecule has 2 saturated heterocycles. The van der Waals surface area contributed by atoms with Gasteiger partial charge in [-0.2, -0.15) is 0 Å². The molecule has 3 fully saturated rings. The van der Waals surface area contributed by atoms with E-state index in [1.54, 1.807) is 4.90 Å². The number of amides is 3. The Bertz CT molecular complexity index is 500. The monoisotopic (exact) mass is 401 g/mol. The number of nitrogens with one attached hydrogen (secondary N) is 1. The molecule has 2 heterocycles. The van der Waals surface area contributed by atoms with Crippen molar-refractivity contribution in [2.45, 2.75) is 81.4 Å². The molecule has 1 N–H and O–H groups in total. The first-order chi connectivity index (χ1) is 11.2. The van der Waals surface area contributed by atoms with E-state index in [0.29, 0.717) is 24.0 Å². The van der Waals surface area contributed by atoms with Gasteiger partial charge in [-0.05, 0) is 52.9 Å². The van der Waals surface area contributed by atoms with E-state index in [1.165, 1.54) is 0 Å². The molecule has 0 aromatic carbocycles. The van der Waals surface area contributed by atoms with Crippen LogP contribution in [0.2, 0.25) is 0 Å². The van der Waals surface area contributed by atoms with Crippen molar-refractivity contribution < 1.29 is 14.3 Å². The van der Waals surface area contributed by atoms with Crippen LogP contribution in [0.4, 0.5) is 9.59 Å². The summed E-state index contributed by atoms with van der Waals surface area (Å²) in [5.74, 6) is 0. The molecule has 7 heteroatoms. The van der Waals surface area contributed by atoms with E-state index in [1.807, 2.05) is 20.8 Å². The number of carbonyl (C=O) groups excluding carboxylic acids is 2. The Morgan fingerprint density at radius 1 is 1.21 bits per heavy atom. The van der Waals surface area contributed by atoms with E-state index in [4.69, 9.17) is 4.74 Å². The summed E-state index contributed by atoms with van der Waals surface area (Å²) < 4.78 is 5.45. The van der Waals surface area contributed by atoms with Gasteiger partial charge in [-0.15, -0.1) is 0 Å². The molecule has 3 rings (SSSR count). The average molecular weight is 402 g/mol. The number of carbonyl (C=O) groups is 2. The highest BCUT2D eigenvalue weighted by atomic mass is 79.9. The number of hydrogen-bond acceptors (Lipinski definition) is 3. The van der Waals surface area contributed by atoms with Crippen LogP contribution in [-0.2, 0) is 4.74 Å². The van der Waals surface area contributed by atoms with E-state index >= 15 is 0 Å². The number of hydrogen-bond donors (Lipinski definition) is 1. The summed E-state index contributed by atoms with van der Waals surface area (Å²) >= 11 is 3.68. The number of halogens is 1. The van der Waals surface area contributed by atoms with Crippen LogP contribution in [0, 0.1) is 0 Å². The molecule has 1 saturated carbocycles. The van der Waals surface area contributed by atoms with Gasteiger partial charge in [-0.3, -0.25) is 0 Å². The zero-order valence-corrected chi connectivity index (χ0v) is 16.3. The number of ether oxygens (including phenoxy) is 1. The Hall–Kier alpha value is -0.980. The van der Waals surface area contributed by atoms with E-state index in [0.717, 1.165) is 32.1 Å². The molecule has 3 unspecified atom stereocenters. The molecule has 0 aromatic rings. The quantitative estimate of drug-likeness (QED) is 0.686. The lowest BCUT2D eigenvalue weighted by Crippen LogP contribution is -2.52. The summed E-state index contributed by atoms with van der Waals surface area (Å²) in [6.45, 7) is 6.95. The molecule has 24 heavy (non-hydrogen) atoms. The van der Waals surface area contributed by atoms with Crippen LogP contribution >= 0.6 is 15.9 Å². The summed E-state index contributed by atoms with van der Waals surface area (Å²) in [5, 5.41) is 3.15. The summed E-state index contributed by atoms with van der Waals surface area (Å²) in [4.78, 5) is 29.0. The van der Waals surface area contributed by atoms with Crippen molar-refractivity contribution in [2.75, 3.05) is 13.1 Å². The normalized spacial score (nSPS) is 31.7. The SMILES string of the molecule is CC(C)(C)OC(=O)N1CCC(N2C(=O)NC3CC(Br)CCC32)CC1. The first kappa shape index (κ1) is 17.8. The van der Waals surface area contributed by atoms with Gasteiger partial charge in [0.2, 0.25) is 0 Å². The topological polar surface area (TPSA) is 61.9 Å². The predicted molar refractivity (Wildman–Crippen MR) is 95.3 cm³/mol. The largest absolute Gasteiger partial charge is 0.444 e. The lowest BCUT2D eigenvalue weighted by Gasteiger charge is -2.41. The van der Waals surface area contributed by atoms with Gasteiger partial charge in [-0.25, -0.2) is 9.59 Å². The molecule has 0 spiro atoms. The number of likely N-dealkylation sites (tertiary alicyclic amines) is 1. The molecule has 3 aliphatic rings. The molecule has 0 radical (unpaired) electrons. The van der Waals surface area contributed by atoms with Crippen molar-refractivity contribution in [1.82, 2.24) is 15.1 Å². The van der Waals surface area contributed by atoms with Gasteiger partial charge in [0.05, 0.1) is 12.1 Å². The molecule has 0 bridgehead atoms. The van der Waals surface area contributed by atoms with Crippen molar-refractivity contribution >= 4 is 28.1 Å². The van der Waals surface area contributed by atoms with Gasteiger partial charge < -0.3 is 19.9 Å². The average Bonchev–Trinajstić information content (AvgIpc) is 2.80. The van der Waals surface area contributed by atoms with Gasteiger partial charge in [0, 0.05) is 24.0 Å². The first-order valence-electron chi connectivity index (χ1n) is 8.95. The van der Waals surface area contributed by atoms with Crippen molar-refractivity contribution in [3.8, 4) is 0 Å². The summed E-state index contributed by atoms with van der Waals surface area (Å²) in [6, 6.07) is 0.872. The second kappa shape index (κ2) is 6.73. The molecule has 3 amide bonds. The number of piperidine rings is 1. The van der Waals surface area contributed by atoms with Crippen molar-refractivity contribution in [3.63, 3.8) is 0 Å². The van der Waals surface area contributed by atoms with Crippen molar-refractivity contribution in [1.29, 1.82) is 0 Å². The van der Waals surface area contributed by atoms with E-state index in [9.17, 15) is 9.59 Å². The minimum absolute atomic E-state index is 0.0716. The van der Waals surface area contributed by atoms with E-state index in [-0.39, 0.29) is 24.2 Å². The fraction of sp³-hybridized carbons (Fsp3) is 0.882. The first-order valence-corrected chi connectivity index (χ1v) is 9.87. The maximum atomic E-state index is 12.4. The molecule has 1 aliphatic carbocycles. The van der Waals surface area contributed by atoms with Crippen LogP contribution in [0.25, 0.3) is 0 Å². The van der Waals surface area contributed by atoms with Crippen molar-refractivity contribution in [2.24, 2.45) is 0 Å². The van der Waals surface area contributed by atoms with Crippen LogP contribution in [0.15, 0.2) is 0 Å². The van der Waals surface area contributed by atoms with Gasteiger partial charge in [0.1, 0.15) is 5.60 Å². The van der Waals surface area contributed by atoms with Crippen LogP contribution in [0.5, 0.6) is 0 Å². The Morgan fingerprint density at radius 3 is 2.50 bits per heavy atom. The Morgan fingerprint density at radius 2 is 1.88 bits per heavy atom. The third kappa shape index (κ3) is 3.81. The zero-order chi connectivity index (χ0) is 17.5. The molecule has 6 nitrogen and oxygen atoms in total. The Labute approximate surface area is 152 Å². The van der Waals surface area contributed by atoms with Gasteiger partial charge in [0.15, 0.2) is 0 Å². The lowest BCUT2D eigenvalue weighted by atomic mass is 9.89. The fourth-order valence-corrected chi connectivity index (χ4v) is 4.73. The lowest BCUT2D eigenvalue weighted by molar-refractivity contribution is 0.0151. The highest BCUT2D eigenvalue weighted by molar-refractivity contribution is 9.09. The third-order valence-corrected chi connectivity index (χ3v) is 5.99. The Kier molecular flexibility index (Phi) is 5.00. The van der Waals surface area contributed by atoms with Crippen LogP contribution < -0.4 is 5.32 Å². The summed E-state index contributed by atoms with van der Waals surface area (Å²) in [6.07, 6.45) is 4.57. The summed E-state index contributed by atoms with van der Waals surface area (Å²) in [7, 11) is 0. The second-order valence-corrected chi connectivity index (χ2v) is 9.43. The fourth-order valence-electron chi connectivity index (χ4n) is 4.06. The van der Waals surface area contributed by atoms with Gasteiger partial charge in [0.25, 0.3) is 0 Å².